The lowest BCUT2D eigenvalue weighted by Gasteiger charge is -2.34. The van der Waals surface area contributed by atoms with Crippen LogP contribution in [0.25, 0.3) is 0 Å². The Kier molecular flexibility index (Phi) is 5.40. The van der Waals surface area contributed by atoms with Crippen LogP contribution in [0.1, 0.15) is 46.0 Å². The molecule has 0 bridgehead atoms. The van der Waals surface area contributed by atoms with Crippen LogP contribution in [0.5, 0.6) is 0 Å². The molecule has 0 aromatic carbocycles. The first-order chi connectivity index (χ1) is 9.61. The van der Waals surface area contributed by atoms with Crippen LogP contribution in [0.3, 0.4) is 0 Å². The van der Waals surface area contributed by atoms with Crippen LogP contribution in [-0.2, 0) is 9.59 Å². The number of hydrogen-bond acceptors (Lipinski definition) is 3. The van der Waals surface area contributed by atoms with E-state index in [2.05, 4.69) is 17.6 Å². The molecule has 0 spiro atoms. The van der Waals surface area contributed by atoms with Gasteiger partial charge in [-0.15, -0.1) is 0 Å². The van der Waals surface area contributed by atoms with Gasteiger partial charge in [-0.3, -0.25) is 9.59 Å². The van der Waals surface area contributed by atoms with Crippen molar-refractivity contribution in [3.05, 3.63) is 0 Å². The summed E-state index contributed by atoms with van der Waals surface area (Å²) in [5, 5.41) is 6.40. The van der Waals surface area contributed by atoms with E-state index in [-0.39, 0.29) is 17.9 Å². The third kappa shape index (κ3) is 3.72. The molecular weight excluding hydrogens is 254 g/mol. The Balaban J connectivity index is 1.76. The average molecular weight is 281 g/mol. The maximum Gasteiger partial charge on any atom is 0.227 e. The van der Waals surface area contributed by atoms with Crippen molar-refractivity contribution >= 4 is 11.8 Å². The number of carbonyl (C=O) groups is 2. The molecule has 5 heteroatoms. The monoisotopic (exact) mass is 281 g/mol. The molecule has 0 aromatic heterocycles. The highest BCUT2D eigenvalue weighted by Gasteiger charge is 2.34. The minimum absolute atomic E-state index is 0.140. The molecule has 114 valence electrons. The van der Waals surface area contributed by atoms with Gasteiger partial charge in [0.1, 0.15) is 0 Å². The fourth-order valence-electron chi connectivity index (χ4n) is 3.20. The summed E-state index contributed by atoms with van der Waals surface area (Å²) in [6.07, 6.45) is 4.21. The fourth-order valence-corrected chi connectivity index (χ4v) is 3.20. The van der Waals surface area contributed by atoms with E-state index in [1.807, 2.05) is 11.8 Å². The predicted octanol–water partition coefficient (Wildman–Crippen LogP) is 0.892. The number of hydrogen-bond donors (Lipinski definition) is 2. The molecule has 2 heterocycles. The van der Waals surface area contributed by atoms with E-state index >= 15 is 0 Å². The van der Waals surface area contributed by atoms with E-state index in [9.17, 15) is 9.59 Å². The first kappa shape index (κ1) is 15.3. The number of nitrogens with one attached hydrogen (secondary N) is 2. The Bertz CT molecular complexity index is 351. The summed E-state index contributed by atoms with van der Waals surface area (Å²) >= 11 is 0. The Morgan fingerprint density at radius 2 is 1.95 bits per heavy atom. The largest absolute Gasteiger partial charge is 0.353 e. The maximum atomic E-state index is 12.4. The first-order valence-electron chi connectivity index (χ1n) is 7.93. The van der Waals surface area contributed by atoms with Crippen molar-refractivity contribution in [2.45, 2.75) is 58.0 Å². The van der Waals surface area contributed by atoms with Gasteiger partial charge in [0.05, 0.1) is 5.92 Å². The van der Waals surface area contributed by atoms with Gasteiger partial charge in [0.25, 0.3) is 0 Å². The van der Waals surface area contributed by atoms with Crippen LogP contribution >= 0.6 is 0 Å². The van der Waals surface area contributed by atoms with E-state index in [4.69, 9.17) is 0 Å². The third-order valence-electron chi connectivity index (χ3n) is 4.49. The maximum absolute atomic E-state index is 12.4. The van der Waals surface area contributed by atoms with Crippen molar-refractivity contribution < 1.29 is 9.59 Å². The molecule has 2 aliphatic heterocycles. The number of nitrogens with zero attached hydrogens (tertiary/aromatic N) is 1. The van der Waals surface area contributed by atoms with Crippen molar-refractivity contribution in [1.29, 1.82) is 0 Å². The number of piperidine rings is 1. The average Bonchev–Trinajstić information content (AvgIpc) is 2.85. The fraction of sp³-hybridized carbons (Fsp3) is 0.867. The summed E-state index contributed by atoms with van der Waals surface area (Å²) in [7, 11) is 0. The molecule has 2 atom stereocenters. The van der Waals surface area contributed by atoms with E-state index in [1.165, 1.54) is 0 Å². The lowest BCUT2D eigenvalue weighted by atomic mass is 9.97. The Morgan fingerprint density at radius 1 is 1.25 bits per heavy atom. The van der Waals surface area contributed by atoms with Crippen molar-refractivity contribution in [3.63, 3.8) is 0 Å². The molecule has 0 aromatic rings. The van der Waals surface area contributed by atoms with Crippen molar-refractivity contribution in [3.8, 4) is 0 Å². The van der Waals surface area contributed by atoms with E-state index < -0.39 is 0 Å². The van der Waals surface area contributed by atoms with Gasteiger partial charge in [0, 0.05) is 31.6 Å². The highest BCUT2D eigenvalue weighted by atomic mass is 16.2. The number of rotatable bonds is 4. The minimum Gasteiger partial charge on any atom is -0.353 e. The van der Waals surface area contributed by atoms with Gasteiger partial charge in [-0.05, 0) is 39.2 Å². The van der Waals surface area contributed by atoms with Crippen molar-refractivity contribution in [2.75, 3.05) is 19.6 Å². The Labute approximate surface area is 121 Å². The molecular formula is C15H27N3O2. The Morgan fingerprint density at radius 3 is 2.50 bits per heavy atom. The molecule has 2 fully saturated rings. The molecule has 0 aliphatic carbocycles. The van der Waals surface area contributed by atoms with Gasteiger partial charge in [0.2, 0.25) is 11.8 Å². The summed E-state index contributed by atoms with van der Waals surface area (Å²) in [6.45, 7) is 6.60. The van der Waals surface area contributed by atoms with E-state index in [0.717, 1.165) is 45.3 Å². The molecule has 5 nitrogen and oxygen atoms in total. The number of likely N-dealkylation sites (tertiary alicyclic amines) is 1. The SMILES string of the molecule is CCCC(=O)NC1CCN(C(=O)C2CCNC2C)CC1. The highest BCUT2D eigenvalue weighted by Crippen LogP contribution is 2.21. The molecule has 20 heavy (non-hydrogen) atoms. The molecule has 2 N–H and O–H groups in total. The lowest BCUT2D eigenvalue weighted by Crippen LogP contribution is -2.49. The molecule has 0 radical (unpaired) electrons. The third-order valence-corrected chi connectivity index (χ3v) is 4.49. The second-order valence-electron chi connectivity index (χ2n) is 6.06. The zero-order valence-electron chi connectivity index (χ0n) is 12.7. The molecule has 2 amide bonds. The van der Waals surface area contributed by atoms with Gasteiger partial charge in [-0.2, -0.15) is 0 Å². The van der Waals surface area contributed by atoms with Gasteiger partial charge in [-0.1, -0.05) is 6.92 Å². The summed E-state index contributed by atoms with van der Waals surface area (Å²) in [4.78, 5) is 26.0. The zero-order valence-corrected chi connectivity index (χ0v) is 12.7. The topological polar surface area (TPSA) is 61.4 Å². The van der Waals surface area contributed by atoms with E-state index in [1.54, 1.807) is 0 Å². The van der Waals surface area contributed by atoms with Crippen LogP contribution in [0, 0.1) is 5.92 Å². The van der Waals surface area contributed by atoms with Gasteiger partial charge >= 0.3 is 0 Å². The second-order valence-corrected chi connectivity index (χ2v) is 6.06. The van der Waals surface area contributed by atoms with Crippen LogP contribution in [0.4, 0.5) is 0 Å². The summed E-state index contributed by atoms with van der Waals surface area (Å²) < 4.78 is 0. The van der Waals surface area contributed by atoms with Crippen LogP contribution in [-0.4, -0.2) is 48.4 Å². The molecule has 2 rings (SSSR count). The summed E-state index contributed by atoms with van der Waals surface area (Å²) in [5.41, 5.74) is 0. The molecule has 2 saturated heterocycles. The predicted molar refractivity (Wildman–Crippen MR) is 78.2 cm³/mol. The first-order valence-corrected chi connectivity index (χ1v) is 7.93. The van der Waals surface area contributed by atoms with Gasteiger partial charge < -0.3 is 15.5 Å². The highest BCUT2D eigenvalue weighted by molar-refractivity contribution is 5.80. The second kappa shape index (κ2) is 7.07. The standard InChI is InChI=1S/C15H27N3O2/c1-3-4-14(19)17-12-6-9-18(10-7-12)15(20)13-5-8-16-11(13)2/h11-13,16H,3-10H2,1-2H3,(H,17,19). The molecule has 2 unspecified atom stereocenters. The summed E-state index contributed by atoms with van der Waals surface area (Å²) in [5.74, 6) is 0.577. The summed E-state index contributed by atoms with van der Waals surface area (Å²) in [6, 6.07) is 0.543. The van der Waals surface area contributed by atoms with Crippen LogP contribution in [0.15, 0.2) is 0 Å². The van der Waals surface area contributed by atoms with Crippen molar-refractivity contribution in [2.24, 2.45) is 5.92 Å². The van der Waals surface area contributed by atoms with Crippen molar-refractivity contribution in [1.82, 2.24) is 15.5 Å². The smallest absolute Gasteiger partial charge is 0.227 e. The Hall–Kier alpha value is -1.10. The minimum atomic E-state index is 0.140. The molecule has 2 aliphatic rings. The van der Waals surface area contributed by atoms with Crippen LogP contribution < -0.4 is 10.6 Å². The van der Waals surface area contributed by atoms with Crippen LogP contribution in [0.2, 0.25) is 0 Å². The van der Waals surface area contributed by atoms with Gasteiger partial charge in [0.15, 0.2) is 0 Å². The lowest BCUT2D eigenvalue weighted by molar-refractivity contribution is -0.136. The normalized spacial score (nSPS) is 27.6. The van der Waals surface area contributed by atoms with E-state index in [0.29, 0.717) is 18.4 Å². The van der Waals surface area contributed by atoms with Gasteiger partial charge in [-0.25, -0.2) is 0 Å². The molecule has 0 saturated carbocycles. The zero-order chi connectivity index (χ0) is 14.5. The number of amides is 2. The quantitative estimate of drug-likeness (QED) is 0.804. The number of carbonyl (C=O) groups excluding carboxylic acids is 2.